The zero-order valence-electron chi connectivity index (χ0n) is 7.68. The minimum absolute atomic E-state index is 0.427. The minimum atomic E-state index is -3.08. The maximum absolute atomic E-state index is 6.51. The van der Waals surface area contributed by atoms with Crippen LogP contribution in [0.4, 0.5) is 0 Å². The van der Waals surface area contributed by atoms with E-state index in [0.717, 1.165) is 9.63 Å². The molecule has 0 aromatic carbocycles. The molecule has 10 heterocycles. The van der Waals surface area contributed by atoms with E-state index < -0.39 is 10.3 Å². The van der Waals surface area contributed by atoms with Gasteiger partial charge in [-0.1, -0.05) is 0 Å². The molecule has 10 saturated heterocycles. The van der Waals surface area contributed by atoms with Crippen LogP contribution in [0.15, 0.2) is 0 Å². The van der Waals surface area contributed by atoms with Gasteiger partial charge >= 0.3 is 92.8 Å². The SMILES string of the molecule is ClC(Cl)(Cl)[C]12[CH]3[CH]4[CH]5[CH]1[Fe]45321678[CH]2[CH]1[CH]6[CH]7[CH]28. The number of hydrogen-bond donors (Lipinski definition) is 0. The van der Waals surface area contributed by atoms with Crippen LogP contribution >= 0.6 is 34.8 Å². The van der Waals surface area contributed by atoms with E-state index >= 15 is 0 Å². The molecule has 4 unspecified atom stereocenters. The van der Waals surface area contributed by atoms with E-state index in [1.54, 1.807) is 0 Å². The van der Waals surface area contributed by atoms with Crippen LogP contribution in [0.25, 0.3) is 0 Å². The molecule has 10 aliphatic heterocycles. The molecule has 10 fully saturated rings. The van der Waals surface area contributed by atoms with Gasteiger partial charge in [0.15, 0.2) is 0 Å². The fourth-order valence-corrected chi connectivity index (χ4v) is 96.6. The van der Waals surface area contributed by atoms with Crippen LogP contribution in [-0.4, -0.2) is 3.79 Å². The van der Waals surface area contributed by atoms with Gasteiger partial charge in [0.2, 0.25) is 0 Å². The summed E-state index contributed by atoms with van der Waals surface area (Å²) < 4.78 is -0.418. The molecule has 1 spiro atoms. The third-order valence-corrected chi connectivity index (χ3v) is 59.0. The second-order valence-electron chi connectivity index (χ2n) is 10.2. The van der Waals surface area contributed by atoms with Crippen molar-refractivity contribution in [3.63, 3.8) is 0 Å². The third kappa shape index (κ3) is 0.0553. The molecule has 82 valence electrons. The molecule has 0 N–H and O–H groups in total. The van der Waals surface area contributed by atoms with Gasteiger partial charge in [-0.2, -0.15) is 0 Å². The fraction of sp³-hybridized carbons (Fsp3) is 1.00. The van der Waals surface area contributed by atoms with Crippen LogP contribution in [0, 0.1) is 0 Å². The van der Waals surface area contributed by atoms with Crippen molar-refractivity contribution in [3.8, 4) is 0 Å². The summed E-state index contributed by atoms with van der Waals surface area (Å²) >= 11 is 19.5. The van der Waals surface area contributed by atoms with Crippen LogP contribution < -0.4 is 0 Å². The van der Waals surface area contributed by atoms with Crippen molar-refractivity contribution in [2.75, 3.05) is 0 Å². The van der Waals surface area contributed by atoms with Gasteiger partial charge in [-0.15, -0.1) is 0 Å². The molecule has 0 amide bonds. The molecule has 0 nitrogen and oxygen atoms in total. The first-order valence-electron chi connectivity index (χ1n) is 6.07. The summed E-state index contributed by atoms with van der Waals surface area (Å²) in [6.45, 7) is -3.08. The normalized spacial score (nSPS) is 135. The number of halogens is 3. The van der Waals surface area contributed by atoms with E-state index in [1.165, 1.54) is 33.7 Å². The summed E-state index contributed by atoms with van der Waals surface area (Å²) in [5.41, 5.74) is 0. The summed E-state index contributed by atoms with van der Waals surface area (Å²) in [4.78, 5) is 11.1. The molecule has 0 aliphatic carbocycles. The summed E-state index contributed by atoms with van der Waals surface area (Å²) in [5, 5.41) is 0. The zero-order valence-corrected chi connectivity index (χ0v) is 11.1. The summed E-state index contributed by atoms with van der Waals surface area (Å²) in [5.74, 6) is 0. The van der Waals surface area contributed by atoms with Gasteiger partial charge in [0.05, 0.1) is 0 Å². The Morgan fingerprint density at radius 2 is 1.13 bits per heavy atom. The van der Waals surface area contributed by atoms with Crippen molar-refractivity contribution in [3.05, 3.63) is 0 Å². The van der Waals surface area contributed by atoms with Gasteiger partial charge in [-0.3, -0.25) is 0 Å². The first-order chi connectivity index (χ1) is 6.80. The average molecular weight is 303 g/mol. The first kappa shape index (κ1) is 6.02. The van der Waals surface area contributed by atoms with E-state index in [2.05, 4.69) is 0 Å². The van der Waals surface area contributed by atoms with Crippen LogP contribution in [0.5, 0.6) is 0 Å². The monoisotopic (exact) mass is 302 g/mol. The quantitative estimate of drug-likeness (QED) is 0.430. The van der Waals surface area contributed by atoms with Crippen molar-refractivity contribution in [2.45, 2.75) is 51.5 Å². The van der Waals surface area contributed by atoms with Crippen molar-refractivity contribution in [1.29, 1.82) is 0 Å². The molecule has 4 heteroatoms. The Balaban J connectivity index is 1.85. The van der Waals surface area contributed by atoms with Gasteiger partial charge in [-0.25, -0.2) is 0 Å². The topological polar surface area (TPSA) is 0 Å². The molecule has 15 heavy (non-hydrogen) atoms. The Kier molecular flexibility index (Phi) is 0.175. The third-order valence-electron chi connectivity index (χ3n) is 15.1. The molecule has 0 saturated carbocycles. The molecule has 0 aromatic heterocycles. The van der Waals surface area contributed by atoms with Crippen molar-refractivity contribution < 1.29 is 6.51 Å². The standard InChI is InChI=1S/C6H4Cl3.C5H5.Fe/c7-6(8,9)5-3-1-2-4-5;1-2-4-5-3-1;/h1-4H;1-5H;. The van der Waals surface area contributed by atoms with E-state index in [4.69, 9.17) is 34.8 Å². The fourth-order valence-electron chi connectivity index (χ4n) is 17.0. The molecule has 10 rings (SSSR count). The molecule has 0 radical (unpaired) electrons. The molecule has 0 bridgehead atoms. The average Bonchev–Trinajstić information content (AvgIpc) is 3.12. The Morgan fingerprint density at radius 1 is 0.733 bits per heavy atom. The van der Waals surface area contributed by atoms with E-state index in [1.807, 2.05) is 0 Å². The maximum atomic E-state index is 6.51. The van der Waals surface area contributed by atoms with Crippen molar-refractivity contribution in [1.82, 2.24) is 0 Å². The van der Waals surface area contributed by atoms with Crippen LogP contribution in [0.2, 0.25) is 47.7 Å². The van der Waals surface area contributed by atoms with Gasteiger partial charge in [0, 0.05) is 0 Å². The number of alkyl halides is 3. The summed E-state index contributed by atoms with van der Waals surface area (Å²) in [7, 11) is 0. The molecular weight excluding hydrogens is 294 g/mol. The Labute approximate surface area is 92.3 Å². The number of rotatable bonds is 0. The Bertz CT molecular complexity index is 844. The van der Waals surface area contributed by atoms with E-state index in [0.29, 0.717) is 4.31 Å². The second-order valence-corrected chi connectivity index (χ2v) is 36.0. The van der Waals surface area contributed by atoms with E-state index in [-0.39, 0.29) is 0 Å². The van der Waals surface area contributed by atoms with Gasteiger partial charge < -0.3 is 0 Å². The Hall–Kier alpha value is 1.39. The Morgan fingerprint density at radius 3 is 1.20 bits per heavy atom. The molecule has 4 atom stereocenters. The predicted octanol–water partition coefficient (Wildman–Crippen LogP) is 5.12. The molecule has 10 aliphatic rings. The molecular formula is C11H9Cl3Fe. The van der Waals surface area contributed by atoms with Crippen LogP contribution in [0.3, 0.4) is 0 Å². The number of fused-ring (bicyclic) bond motifs is 10. The van der Waals surface area contributed by atoms with Crippen LogP contribution in [-0.2, 0) is 6.51 Å². The summed E-state index contributed by atoms with van der Waals surface area (Å²) in [6.07, 6.45) is 0. The van der Waals surface area contributed by atoms with Crippen molar-refractivity contribution >= 4 is 34.8 Å². The van der Waals surface area contributed by atoms with Gasteiger partial charge in [0.25, 0.3) is 0 Å². The van der Waals surface area contributed by atoms with Gasteiger partial charge in [0.1, 0.15) is 0 Å². The molecule has 0 aromatic rings. The predicted molar refractivity (Wildman–Crippen MR) is 56.7 cm³/mol. The second kappa shape index (κ2) is 0.437. The van der Waals surface area contributed by atoms with Crippen LogP contribution in [0.1, 0.15) is 0 Å². The summed E-state index contributed by atoms with van der Waals surface area (Å²) in [6, 6.07) is 0. The first-order valence-corrected chi connectivity index (χ1v) is 13.5. The zero-order chi connectivity index (χ0) is 9.51. The van der Waals surface area contributed by atoms with Crippen molar-refractivity contribution in [2.24, 2.45) is 0 Å². The van der Waals surface area contributed by atoms with Gasteiger partial charge in [-0.05, 0) is 0 Å². The number of hydrogen-bond acceptors (Lipinski definition) is 0. The van der Waals surface area contributed by atoms with E-state index in [9.17, 15) is 0 Å².